The summed E-state index contributed by atoms with van der Waals surface area (Å²) in [7, 11) is 0. The first-order chi connectivity index (χ1) is 15.3. The Hall–Kier alpha value is -2.55. The second kappa shape index (κ2) is 8.10. The monoisotopic (exact) mass is 447 g/mol. The van der Waals surface area contributed by atoms with Gasteiger partial charge in [0.25, 0.3) is 11.8 Å². The van der Waals surface area contributed by atoms with Gasteiger partial charge < -0.3 is 9.64 Å². The molecule has 3 atom stereocenters. The molecule has 0 aromatic heterocycles. The van der Waals surface area contributed by atoms with E-state index in [0.717, 1.165) is 31.2 Å². The van der Waals surface area contributed by atoms with Crippen LogP contribution in [0.5, 0.6) is 5.75 Å². The average Bonchev–Trinajstić information content (AvgIpc) is 3.27. The second-order valence-electron chi connectivity index (χ2n) is 9.30. The van der Waals surface area contributed by atoms with Crippen molar-refractivity contribution in [3.8, 4) is 5.75 Å². The molecule has 3 fully saturated rings. The zero-order valence-electron chi connectivity index (χ0n) is 17.8. The first-order valence-electron chi connectivity index (χ1n) is 11.4. The number of halogens is 2. The Labute approximate surface area is 185 Å². The first kappa shape index (κ1) is 21.3. The fourth-order valence-corrected chi connectivity index (χ4v) is 5.48. The van der Waals surface area contributed by atoms with Crippen molar-refractivity contribution < 1.29 is 27.9 Å². The van der Waals surface area contributed by atoms with E-state index in [9.17, 15) is 23.2 Å². The van der Waals surface area contributed by atoms with Crippen LogP contribution in [0.15, 0.2) is 18.2 Å². The van der Waals surface area contributed by atoms with Gasteiger partial charge in [0, 0.05) is 37.5 Å². The lowest BCUT2D eigenvalue weighted by Crippen LogP contribution is -2.52. The van der Waals surface area contributed by atoms with Crippen LogP contribution in [0.25, 0.3) is 0 Å². The molecule has 4 aliphatic rings. The number of piperidine rings is 1. The van der Waals surface area contributed by atoms with Gasteiger partial charge in [-0.05, 0) is 49.4 Å². The number of nitrogens with zero attached hydrogens (tertiary/aromatic N) is 2. The molecule has 1 aromatic carbocycles. The summed E-state index contributed by atoms with van der Waals surface area (Å²) in [5, 5.41) is 2.30. The summed E-state index contributed by atoms with van der Waals surface area (Å²) in [6, 6.07) is 4.59. The van der Waals surface area contributed by atoms with Crippen molar-refractivity contribution in [2.75, 3.05) is 13.1 Å². The number of hydrogen-bond donors (Lipinski definition) is 1. The largest absolute Gasteiger partial charge is 0.489 e. The SMILES string of the molecule is O=C1CCC(N2Cc3cc(O[C@H]4CCCC[C@@H]4N4CCC(F)(F)C4)ccc3C2=O)C(=O)N1. The van der Waals surface area contributed by atoms with E-state index >= 15 is 0 Å². The van der Waals surface area contributed by atoms with E-state index in [1.807, 2.05) is 11.0 Å². The quantitative estimate of drug-likeness (QED) is 0.718. The van der Waals surface area contributed by atoms with Gasteiger partial charge in [-0.1, -0.05) is 6.42 Å². The maximum absolute atomic E-state index is 13.8. The topological polar surface area (TPSA) is 79.0 Å². The van der Waals surface area contributed by atoms with Gasteiger partial charge in [0.15, 0.2) is 0 Å². The van der Waals surface area contributed by atoms with Crippen molar-refractivity contribution in [3.63, 3.8) is 0 Å². The average molecular weight is 447 g/mol. The Kier molecular flexibility index (Phi) is 5.39. The number of likely N-dealkylation sites (tertiary alicyclic amines) is 1. The molecule has 0 bridgehead atoms. The van der Waals surface area contributed by atoms with Gasteiger partial charge in [-0.3, -0.25) is 24.6 Å². The summed E-state index contributed by atoms with van der Waals surface area (Å²) in [6.07, 6.45) is 3.91. The van der Waals surface area contributed by atoms with Gasteiger partial charge in [0.1, 0.15) is 17.9 Å². The van der Waals surface area contributed by atoms with E-state index in [0.29, 0.717) is 24.3 Å². The maximum atomic E-state index is 13.8. The number of carbonyl (C=O) groups is 3. The number of hydrogen-bond acceptors (Lipinski definition) is 5. The Morgan fingerprint density at radius 1 is 1.09 bits per heavy atom. The molecule has 1 aromatic rings. The number of rotatable bonds is 4. The van der Waals surface area contributed by atoms with Gasteiger partial charge in [0.2, 0.25) is 11.8 Å². The maximum Gasteiger partial charge on any atom is 0.261 e. The minimum Gasteiger partial charge on any atom is -0.489 e. The molecule has 1 unspecified atom stereocenters. The van der Waals surface area contributed by atoms with E-state index in [-0.39, 0.29) is 49.9 Å². The lowest BCUT2D eigenvalue weighted by atomic mass is 9.91. The molecule has 3 aliphatic heterocycles. The highest BCUT2D eigenvalue weighted by Crippen LogP contribution is 2.36. The van der Waals surface area contributed by atoms with Crippen molar-refractivity contribution in [1.82, 2.24) is 15.1 Å². The van der Waals surface area contributed by atoms with E-state index in [2.05, 4.69) is 5.32 Å². The molecule has 1 N–H and O–H groups in total. The zero-order chi connectivity index (χ0) is 22.5. The highest BCUT2D eigenvalue weighted by Gasteiger charge is 2.44. The Balaban J connectivity index is 1.29. The van der Waals surface area contributed by atoms with E-state index in [1.165, 1.54) is 4.90 Å². The molecule has 3 amide bonds. The molecule has 32 heavy (non-hydrogen) atoms. The molecule has 0 spiro atoms. The number of amides is 3. The minimum atomic E-state index is -2.63. The van der Waals surface area contributed by atoms with Crippen LogP contribution in [0.4, 0.5) is 8.78 Å². The van der Waals surface area contributed by atoms with Gasteiger partial charge in [-0.2, -0.15) is 0 Å². The number of alkyl halides is 2. The molecule has 172 valence electrons. The summed E-state index contributed by atoms with van der Waals surface area (Å²) in [5.74, 6) is -2.99. The summed E-state index contributed by atoms with van der Waals surface area (Å²) in [6.45, 7) is 0.457. The molecule has 5 rings (SSSR count). The fourth-order valence-electron chi connectivity index (χ4n) is 5.48. The van der Waals surface area contributed by atoms with Crippen LogP contribution in [0.1, 0.15) is 60.9 Å². The molecule has 9 heteroatoms. The van der Waals surface area contributed by atoms with Crippen molar-refractivity contribution in [2.24, 2.45) is 0 Å². The number of fused-ring (bicyclic) bond motifs is 1. The molecular weight excluding hydrogens is 420 g/mol. The van der Waals surface area contributed by atoms with E-state index in [4.69, 9.17) is 4.74 Å². The molecule has 7 nitrogen and oxygen atoms in total. The number of ether oxygens (including phenoxy) is 1. The Morgan fingerprint density at radius 2 is 1.91 bits per heavy atom. The fraction of sp³-hybridized carbons (Fsp3) is 0.609. The number of imide groups is 1. The van der Waals surface area contributed by atoms with Crippen molar-refractivity contribution in [3.05, 3.63) is 29.3 Å². The van der Waals surface area contributed by atoms with E-state index < -0.39 is 17.9 Å². The molecule has 1 aliphatic carbocycles. The third kappa shape index (κ3) is 3.98. The predicted molar refractivity (Wildman–Crippen MR) is 110 cm³/mol. The van der Waals surface area contributed by atoms with Crippen molar-refractivity contribution in [1.29, 1.82) is 0 Å². The Bertz CT molecular complexity index is 953. The molecule has 3 heterocycles. The van der Waals surface area contributed by atoms with Crippen LogP contribution < -0.4 is 10.1 Å². The predicted octanol–water partition coefficient (Wildman–Crippen LogP) is 2.48. The highest BCUT2D eigenvalue weighted by molar-refractivity contribution is 6.05. The van der Waals surface area contributed by atoms with Crippen LogP contribution in [0.3, 0.4) is 0 Å². The van der Waals surface area contributed by atoms with Crippen LogP contribution in [0.2, 0.25) is 0 Å². The zero-order valence-corrected chi connectivity index (χ0v) is 17.8. The first-order valence-corrected chi connectivity index (χ1v) is 11.4. The summed E-state index contributed by atoms with van der Waals surface area (Å²) < 4.78 is 33.8. The van der Waals surface area contributed by atoms with Gasteiger partial charge in [-0.15, -0.1) is 0 Å². The molecule has 2 saturated heterocycles. The lowest BCUT2D eigenvalue weighted by Gasteiger charge is -2.37. The molecular formula is C23H27F2N3O4. The minimum absolute atomic E-state index is 0.0352. The number of benzene rings is 1. The lowest BCUT2D eigenvalue weighted by molar-refractivity contribution is -0.136. The van der Waals surface area contributed by atoms with Crippen LogP contribution >= 0.6 is 0 Å². The molecule has 0 radical (unpaired) electrons. The van der Waals surface area contributed by atoms with Crippen molar-refractivity contribution >= 4 is 17.7 Å². The molecule has 1 saturated carbocycles. The van der Waals surface area contributed by atoms with Gasteiger partial charge >= 0.3 is 0 Å². The standard InChI is InChI=1S/C23H27F2N3O4/c24-23(25)9-10-27(13-23)17-3-1-2-4-19(17)32-15-5-6-16-14(11-15)12-28(22(16)31)18-7-8-20(29)26-21(18)30/h5-6,11,17-19H,1-4,7-10,12-13H2,(H,26,29,30)/t17-,18?,19-/m0/s1. The van der Waals surface area contributed by atoms with Gasteiger partial charge in [-0.25, -0.2) is 8.78 Å². The Morgan fingerprint density at radius 3 is 2.66 bits per heavy atom. The van der Waals surface area contributed by atoms with Gasteiger partial charge in [0.05, 0.1) is 6.54 Å². The van der Waals surface area contributed by atoms with Crippen LogP contribution in [-0.4, -0.2) is 64.7 Å². The number of nitrogens with one attached hydrogen (secondary N) is 1. The van der Waals surface area contributed by atoms with Crippen molar-refractivity contribution in [2.45, 2.75) is 75.6 Å². The van der Waals surface area contributed by atoms with E-state index in [1.54, 1.807) is 12.1 Å². The summed E-state index contributed by atoms with van der Waals surface area (Å²) in [4.78, 5) is 39.9. The smallest absolute Gasteiger partial charge is 0.261 e. The third-order valence-corrected chi connectivity index (χ3v) is 7.12. The second-order valence-corrected chi connectivity index (χ2v) is 9.30. The van der Waals surface area contributed by atoms with Crippen LogP contribution in [-0.2, 0) is 16.1 Å². The number of carbonyl (C=O) groups excluding carboxylic acids is 3. The summed E-state index contributed by atoms with van der Waals surface area (Å²) >= 11 is 0. The highest BCUT2D eigenvalue weighted by atomic mass is 19.3. The van der Waals surface area contributed by atoms with Crippen LogP contribution in [0, 0.1) is 0 Å². The summed E-state index contributed by atoms with van der Waals surface area (Å²) in [5.41, 5.74) is 1.30. The third-order valence-electron chi connectivity index (χ3n) is 7.12. The normalized spacial score (nSPS) is 30.4.